The Bertz CT molecular complexity index is 1670. The van der Waals surface area contributed by atoms with Gasteiger partial charge in [0.1, 0.15) is 19.3 Å². The molecule has 0 rings (SSSR count). The maximum atomic E-state index is 13.6. The van der Waals surface area contributed by atoms with Crippen LogP contribution in [0.2, 0.25) is 0 Å². The van der Waals surface area contributed by atoms with E-state index in [1.54, 1.807) is 0 Å². The van der Waals surface area contributed by atoms with Gasteiger partial charge in [-0.25, -0.2) is 4.57 Å². The molecular formula is C77H146N2O7P+. The van der Waals surface area contributed by atoms with E-state index >= 15 is 0 Å². The number of amides is 1. The number of hydrogen-bond acceptors (Lipinski definition) is 6. The van der Waals surface area contributed by atoms with Gasteiger partial charge in [-0.05, 0) is 96.0 Å². The van der Waals surface area contributed by atoms with Gasteiger partial charge in [0.2, 0.25) is 5.91 Å². The summed E-state index contributed by atoms with van der Waals surface area (Å²) >= 11 is 0. The predicted molar refractivity (Wildman–Crippen MR) is 378 cm³/mol. The molecule has 0 aromatic rings. The maximum Gasteiger partial charge on any atom is 0.472 e. The number of nitrogens with one attached hydrogen (secondary N) is 1. The van der Waals surface area contributed by atoms with E-state index in [-0.39, 0.29) is 25.1 Å². The van der Waals surface area contributed by atoms with Crippen LogP contribution in [0.3, 0.4) is 0 Å². The zero-order chi connectivity index (χ0) is 63.5. The quantitative estimate of drug-likeness (QED) is 0.0205. The van der Waals surface area contributed by atoms with Crippen LogP contribution >= 0.6 is 7.82 Å². The summed E-state index contributed by atoms with van der Waals surface area (Å²) in [7, 11) is 1.51. The van der Waals surface area contributed by atoms with Crippen molar-refractivity contribution >= 4 is 19.7 Å². The fourth-order valence-electron chi connectivity index (χ4n) is 11.1. The molecule has 0 fully saturated rings. The Balaban J connectivity index is 4.92. The summed E-state index contributed by atoms with van der Waals surface area (Å²) < 4.78 is 30.9. The highest BCUT2D eigenvalue weighted by atomic mass is 31.2. The number of unbranched alkanes of at least 4 members (excludes halogenated alkanes) is 45. The first-order valence-electron chi connectivity index (χ1n) is 37.6. The van der Waals surface area contributed by atoms with Gasteiger partial charge in [-0.3, -0.25) is 18.6 Å². The zero-order valence-corrected chi connectivity index (χ0v) is 59.4. The highest BCUT2D eigenvalue weighted by Crippen LogP contribution is 2.43. The minimum absolute atomic E-state index is 0.0411. The number of phosphoric acid groups is 1. The monoisotopic (exact) mass is 1240 g/mol. The lowest BCUT2D eigenvalue weighted by Gasteiger charge is -2.27. The van der Waals surface area contributed by atoms with Crippen molar-refractivity contribution in [3.63, 3.8) is 0 Å². The molecule has 0 aromatic heterocycles. The third kappa shape index (κ3) is 67.9. The molecule has 3 unspecified atom stereocenters. The second-order valence-corrected chi connectivity index (χ2v) is 28.3. The van der Waals surface area contributed by atoms with Gasteiger partial charge in [0.05, 0.1) is 33.8 Å². The van der Waals surface area contributed by atoms with E-state index in [4.69, 9.17) is 13.8 Å². The number of likely N-dealkylation sites (N-methyl/N-ethyl adjacent to an activating group) is 1. The van der Waals surface area contributed by atoms with Crippen LogP contribution in [0.1, 0.15) is 367 Å². The fraction of sp³-hybridized carbons (Fsp3) is 0.844. The van der Waals surface area contributed by atoms with Crippen LogP contribution in [0.4, 0.5) is 0 Å². The molecule has 510 valence electrons. The van der Waals surface area contributed by atoms with Gasteiger partial charge < -0.3 is 19.4 Å². The lowest BCUT2D eigenvalue weighted by Crippen LogP contribution is -2.47. The van der Waals surface area contributed by atoms with Crippen LogP contribution in [0.5, 0.6) is 0 Å². The third-order valence-electron chi connectivity index (χ3n) is 16.9. The van der Waals surface area contributed by atoms with E-state index in [0.29, 0.717) is 23.9 Å². The Hall–Kier alpha value is -2.29. The maximum absolute atomic E-state index is 13.6. The zero-order valence-electron chi connectivity index (χ0n) is 58.5. The first kappa shape index (κ1) is 84.7. The Morgan fingerprint density at radius 1 is 0.402 bits per heavy atom. The number of nitrogens with zero attached hydrogens (tertiary/aromatic N) is 1. The molecule has 0 saturated carbocycles. The second-order valence-electron chi connectivity index (χ2n) is 26.8. The summed E-state index contributed by atoms with van der Waals surface area (Å²) in [4.78, 5) is 37.9. The Kier molecular flexibility index (Phi) is 64.9. The molecule has 0 aliphatic rings. The van der Waals surface area contributed by atoms with E-state index in [0.717, 1.165) is 70.6 Å². The molecule has 1 amide bonds. The molecule has 9 nitrogen and oxygen atoms in total. The van der Waals surface area contributed by atoms with Gasteiger partial charge in [-0.2, -0.15) is 0 Å². The molecule has 0 aliphatic heterocycles. The number of carbonyl (C=O) groups is 2. The van der Waals surface area contributed by atoms with Crippen LogP contribution in [0, 0.1) is 0 Å². The van der Waals surface area contributed by atoms with Gasteiger partial charge in [-0.15, -0.1) is 0 Å². The Morgan fingerprint density at radius 2 is 0.701 bits per heavy atom. The van der Waals surface area contributed by atoms with Crippen LogP contribution in [-0.2, 0) is 27.9 Å². The molecular weight excluding hydrogens is 1100 g/mol. The van der Waals surface area contributed by atoms with E-state index in [2.05, 4.69) is 74.7 Å². The fourth-order valence-corrected chi connectivity index (χ4v) is 11.9. The van der Waals surface area contributed by atoms with Crippen LogP contribution < -0.4 is 5.32 Å². The standard InChI is InChI=1S/C77H145N2O7P/c1-7-10-13-16-19-22-25-27-29-31-33-35-37-38-39-40-42-44-46-48-50-52-55-58-61-64-67-70-77(81)86-75(68-65-62-59-56-53-24-21-18-15-12-9-3)74(73-85-87(82,83)84-72-71-79(4,5)6)78-76(80)69-66-63-60-57-54-51-49-47-45-43-41-36-34-32-30-28-26-23-20-17-14-11-8-2/h19-20,22-23,27-30,65,68,74-75H,7-18,21,24-26,31-64,66-67,69-73H2,1-6H3,(H-,78,80,82,83)/p+1/b22-19-,23-20-,29-27-,30-28-,68-65+. The summed E-state index contributed by atoms with van der Waals surface area (Å²) in [5, 5.41) is 3.08. The van der Waals surface area contributed by atoms with Crippen molar-refractivity contribution in [2.45, 2.75) is 380 Å². The number of phosphoric ester groups is 1. The number of carbonyl (C=O) groups excluding carboxylic acids is 2. The summed E-state index contributed by atoms with van der Waals surface area (Å²) in [5.74, 6) is -0.490. The summed E-state index contributed by atoms with van der Waals surface area (Å²) in [6.45, 7) is 7.01. The molecule has 0 bridgehead atoms. The van der Waals surface area contributed by atoms with Crippen molar-refractivity contribution in [1.29, 1.82) is 0 Å². The number of quaternary nitrogens is 1. The highest BCUT2D eigenvalue weighted by Gasteiger charge is 2.30. The van der Waals surface area contributed by atoms with Crippen molar-refractivity contribution in [1.82, 2.24) is 5.32 Å². The largest absolute Gasteiger partial charge is 0.472 e. The molecule has 0 aliphatic carbocycles. The summed E-state index contributed by atoms with van der Waals surface area (Å²) in [6, 6.07) is -0.849. The van der Waals surface area contributed by atoms with Gasteiger partial charge in [0.15, 0.2) is 0 Å². The lowest BCUT2D eigenvalue weighted by atomic mass is 10.0. The molecule has 0 aromatic carbocycles. The topological polar surface area (TPSA) is 111 Å². The van der Waals surface area contributed by atoms with E-state index in [1.807, 2.05) is 33.3 Å². The average Bonchev–Trinajstić information content (AvgIpc) is 3.70. The molecule has 3 atom stereocenters. The van der Waals surface area contributed by atoms with Crippen molar-refractivity contribution in [3.8, 4) is 0 Å². The molecule has 0 saturated heterocycles. The number of hydrogen-bond donors (Lipinski definition) is 2. The molecule has 0 heterocycles. The lowest BCUT2D eigenvalue weighted by molar-refractivity contribution is -0.870. The van der Waals surface area contributed by atoms with E-state index in [1.165, 1.54) is 263 Å². The van der Waals surface area contributed by atoms with Gasteiger partial charge in [0, 0.05) is 12.8 Å². The van der Waals surface area contributed by atoms with Gasteiger partial charge in [-0.1, -0.05) is 319 Å². The molecule has 2 N–H and O–H groups in total. The van der Waals surface area contributed by atoms with Crippen LogP contribution in [-0.4, -0.2) is 74.3 Å². The van der Waals surface area contributed by atoms with Crippen molar-refractivity contribution in [2.24, 2.45) is 0 Å². The summed E-state index contributed by atoms with van der Waals surface area (Å²) in [5.41, 5.74) is 0. The first-order chi connectivity index (χ1) is 42.4. The van der Waals surface area contributed by atoms with E-state index in [9.17, 15) is 19.0 Å². The van der Waals surface area contributed by atoms with Crippen molar-refractivity contribution in [2.75, 3.05) is 40.9 Å². The van der Waals surface area contributed by atoms with Crippen LogP contribution in [0.15, 0.2) is 60.8 Å². The second kappa shape index (κ2) is 66.6. The van der Waals surface area contributed by atoms with Crippen molar-refractivity contribution in [3.05, 3.63) is 60.8 Å². The summed E-state index contributed by atoms with van der Waals surface area (Å²) in [6.07, 6.45) is 86.7. The predicted octanol–water partition coefficient (Wildman–Crippen LogP) is 24.1. The van der Waals surface area contributed by atoms with E-state index < -0.39 is 20.0 Å². The molecule has 10 heteroatoms. The molecule has 87 heavy (non-hydrogen) atoms. The third-order valence-corrected chi connectivity index (χ3v) is 17.9. The molecule has 0 radical (unpaired) electrons. The highest BCUT2D eigenvalue weighted by molar-refractivity contribution is 7.47. The Morgan fingerprint density at radius 3 is 1.06 bits per heavy atom. The Labute approximate surface area is 541 Å². The van der Waals surface area contributed by atoms with Gasteiger partial charge in [0.25, 0.3) is 0 Å². The molecule has 0 spiro atoms. The normalized spacial score (nSPS) is 13.8. The number of allylic oxidation sites excluding steroid dienone is 9. The average molecular weight is 1240 g/mol. The smallest absolute Gasteiger partial charge is 0.456 e. The van der Waals surface area contributed by atoms with Crippen molar-refractivity contribution < 1.29 is 37.3 Å². The minimum Gasteiger partial charge on any atom is -0.456 e. The van der Waals surface area contributed by atoms with Crippen LogP contribution in [0.25, 0.3) is 0 Å². The minimum atomic E-state index is -4.45. The SMILES string of the molecule is CCCCC/C=C\C/C=C\CCCCCCCCCCCCCCCCCCCC(=O)OC(/C=C/CCCCCCCCCCC)C(COP(=O)(O)OCC[N+](C)(C)C)NC(=O)CCCCCCCCCCCCCCC/C=C\C/C=C\CCCCC. The number of esters is 1. The van der Waals surface area contributed by atoms with Gasteiger partial charge >= 0.3 is 13.8 Å². The number of rotatable bonds is 69. The first-order valence-corrected chi connectivity index (χ1v) is 39.1. The number of ether oxygens (including phenoxy) is 1.